The highest BCUT2D eigenvalue weighted by Crippen LogP contribution is 2.31. The average Bonchev–Trinajstić information content (AvgIpc) is 3.39. The lowest BCUT2D eigenvalue weighted by Crippen LogP contribution is -2.48. The number of piperazine rings is 1. The first kappa shape index (κ1) is 25.1. The standard InChI is InChI=1S/C31H36N6/c1-4-26-15-17-28(18-16-26)30(31-32-33-34-37(31)29-24(2)10-8-11-25(29)3)36-22-20-35(21-23-36)19-9-14-27-12-6-5-7-13-27/h5-18,30H,4,19-23H2,1-3H3/b14-9+/t30-/m1/s1. The summed E-state index contributed by atoms with van der Waals surface area (Å²) < 4.78 is 1.96. The molecule has 0 saturated carbocycles. The lowest BCUT2D eigenvalue weighted by Gasteiger charge is -2.38. The van der Waals surface area contributed by atoms with Gasteiger partial charge in [0.2, 0.25) is 0 Å². The molecule has 190 valence electrons. The third kappa shape index (κ3) is 5.71. The molecule has 3 aromatic carbocycles. The molecule has 0 N–H and O–H groups in total. The van der Waals surface area contributed by atoms with Gasteiger partial charge in [-0.2, -0.15) is 4.68 Å². The van der Waals surface area contributed by atoms with Crippen LogP contribution in [0.2, 0.25) is 0 Å². The van der Waals surface area contributed by atoms with Crippen molar-refractivity contribution in [3.05, 3.63) is 113 Å². The summed E-state index contributed by atoms with van der Waals surface area (Å²) in [6.45, 7) is 11.3. The molecule has 5 rings (SSSR count). The van der Waals surface area contributed by atoms with Gasteiger partial charge in [-0.25, -0.2) is 0 Å². The van der Waals surface area contributed by atoms with Crippen LogP contribution in [0.3, 0.4) is 0 Å². The van der Waals surface area contributed by atoms with Crippen LogP contribution in [-0.2, 0) is 6.42 Å². The Balaban J connectivity index is 1.39. The first-order valence-electron chi connectivity index (χ1n) is 13.3. The fourth-order valence-corrected chi connectivity index (χ4v) is 5.23. The van der Waals surface area contributed by atoms with Crippen LogP contribution in [-0.4, -0.2) is 62.7 Å². The molecule has 37 heavy (non-hydrogen) atoms. The van der Waals surface area contributed by atoms with Crippen LogP contribution in [0.4, 0.5) is 0 Å². The topological polar surface area (TPSA) is 50.1 Å². The second kappa shape index (κ2) is 11.6. The van der Waals surface area contributed by atoms with Gasteiger partial charge in [0.25, 0.3) is 0 Å². The molecule has 1 fully saturated rings. The molecule has 1 aliphatic heterocycles. The normalized spacial score (nSPS) is 15.9. The van der Waals surface area contributed by atoms with Gasteiger partial charge in [0.05, 0.1) is 11.7 Å². The number of aryl methyl sites for hydroxylation is 3. The Morgan fingerprint density at radius 3 is 2.22 bits per heavy atom. The molecule has 1 atom stereocenters. The largest absolute Gasteiger partial charge is 0.297 e. The predicted molar refractivity (Wildman–Crippen MR) is 150 cm³/mol. The fraction of sp³-hybridized carbons (Fsp3) is 0.323. The highest BCUT2D eigenvalue weighted by molar-refractivity contribution is 5.49. The van der Waals surface area contributed by atoms with E-state index in [-0.39, 0.29) is 6.04 Å². The van der Waals surface area contributed by atoms with Crippen LogP contribution in [0.25, 0.3) is 11.8 Å². The third-order valence-corrected chi connectivity index (χ3v) is 7.34. The SMILES string of the molecule is CCc1ccc([C@H](c2nnnn2-c2c(C)cccc2C)N2CCN(C/C=C/c3ccccc3)CC2)cc1. The Morgan fingerprint density at radius 2 is 1.54 bits per heavy atom. The van der Waals surface area contributed by atoms with Crippen LogP contribution in [0, 0.1) is 13.8 Å². The summed E-state index contributed by atoms with van der Waals surface area (Å²) in [6.07, 6.45) is 5.51. The number of rotatable bonds is 8. The van der Waals surface area contributed by atoms with Crippen molar-refractivity contribution in [2.24, 2.45) is 0 Å². The zero-order chi connectivity index (χ0) is 25.6. The lowest BCUT2D eigenvalue weighted by atomic mass is 10.0. The van der Waals surface area contributed by atoms with Gasteiger partial charge < -0.3 is 0 Å². The molecule has 0 radical (unpaired) electrons. The minimum atomic E-state index is -0.0121. The summed E-state index contributed by atoms with van der Waals surface area (Å²) >= 11 is 0. The fourth-order valence-electron chi connectivity index (χ4n) is 5.23. The molecule has 1 aromatic heterocycles. The molecule has 1 aliphatic rings. The smallest absolute Gasteiger partial charge is 0.178 e. The Labute approximate surface area is 220 Å². The molecule has 4 aromatic rings. The molecule has 6 nitrogen and oxygen atoms in total. The van der Waals surface area contributed by atoms with Crippen LogP contribution >= 0.6 is 0 Å². The van der Waals surface area contributed by atoms with E-state index in [9.17, 15) is 0 Å². The maximum Gasteiger partial charge on any atom is 0.178 e. The van der Waals surface area contributed by atoms with E-state index in [1.165, 1.54) is 27.8 Å². The molecule has 6 heteroatoms. The van der Waals surface area contributed by atoms with Crippen molar-refractivity contribution >= 4 is 6.08 Å². The Morgan fingerprint density at radius 1 is 0.838 bits per heavy atom. The molecular formula is C31H36N6. The second-order valence-electron chi connectivity index (χ2n) is 9.84. The first-order chi connectivity index (χ1) is 18.1. The molecule has 0 amide bonds. The molecule has 0 spiro atoms. The van der Waals surface area contributed by atoms with Crippen molar-refractivity contribution in [1.82, 2.24) is 30.0 Å². The van der Waals surface area contributed by atoms with Gasteiger partial charge in [-0.15, -0.1) is 5.10 Å². The molecule has 0 unspecified atom stereocenters. The van der Waals surface area contributed by atoms with Crippen LogP contribution in [0.1, 0.15) is 46.6 Å². The minimum Gasteiger partial charge on any atom is -0.297 e. The molecule has 1 saturated heterocycles. The quantitative estimate of drug-likeness (QED) is 0.336. The molecule has 2 heterocycles. The zero-order valence-corrected chi connectivity index (χ0v) is 22.1. The van der Waals surface area contributed by atoms with Gasteiger partial charge in [-0.1, -0.05) is 91.9 Å². The van der Waals surface area contributed by atoms with Crippen LogP contribution in [0.5, 0.6) is 0 Å². The second-order valence-corrected chi connectivity index (χ2v) is 9.84. The number of benzene rings is 3. The summed E-state index contributed by atoms with van der Waals surface area (Å²) in [4.78, 5) is 5.05. The molecule has 0 aliphatic carbocycles. The van der Waals surface area contributed by atoms with Gasteiger partial charge >= 0.3 is 0 Å². The maximum absolute atomic E-state index is 4.61. The maximum atomic E-state index is 4.61. The first-order valence-corrected chi connectivity index (χ1v) is 13.3. The van der Waals surface area contributed by atoms with Gasteiger partial charge in [-0.3, -0.25) is 9.80 Å². The monoisotopic (exact) mass is 492 g/mol. The summed E-state index contributed by atoms with van der Waals surface area (Å²) in [5.74, 6) is 0.874. The summed E-state index contributed by atoms with van der Waals surface area (Å²) in [7, 11) is 0. The van der Waals surface area contributed by atoms with E-state index in [0.717, 1.165) is 50.7 Å². The Kier molecular flexibility index (Phi) is 7.87. The van der Waals surface area contributed by atoms with Crippen LogP contribution in [0.15, 0.2) is 78.9 Å². The van der Waals surface area contributed by atoms with Crippen molar-refractivity contribution in [3.8, 4) is 5.69 Å². The van der Waals surface area contributed by atoms with E-state index in [1.54, 1.807) is 0 Å². The van der Waals surface area contributed by atoms with Crippen molar-refractivity contribution in [2.75, 3.05) is 32.7 Å². The highest BCUT2D eigenvalue weighted by Gasteiger charge is 2.31. The molecule has 0 bridgehead atoms. The van der Waals surface area contributed by atoms with Gasteiger partial charge in [0.15, 0.2) is 5.82 Å². The number of tetrazole rings is 1. The van der Waals surface area contributed by atoms with Gasteiger partial charge in [0.1, 0.15) is 0 Å². The van der Waals surface area contributed by atoms with Crippen molar-refractivity contribution < 1.29 is 0 Å². The van der Waals surface area contributed by atoms with Crippen LogP contribution < -0.4 is 0 Å². The molecular weight excluding hydrogens is 456 g/mol. The number of hydrogen-bond donors (Lipinski definition) is 0. The van der Waals surface area contributed by atoms with Crippen molar-refractivity contribution in [1.29, 1.82) is 0 Å². The van der Waals surface area contributed by atoms with E-state index in [1.807, 2.05) is 4.68 Å². The van der Waals surface area contributed by atoms with Gasteiger partial charge in [0, 0.05) is 32.7 Å². The van der Waals surface area contributed by atoms with Crippen molar-refractivity contribution in [2.45, 2.75) is 33.2 Å². The Bertz CT molecular complexity index is 1300. The van der Waals surface area contributed by atoms with E-state index >= 15 is 0 Å². The number of aromatic nitrogens is 4. The van der Waals surface area contributed by atoms with E-state index in [0.29, 0.717) is 0 Å². The van der Waals surface area contributed by atoms with E-state index < -0.39 is 0 Å². The predicted octanol–water partition coefficient (Wildman–Crippen LogP) is 5.26. The number of hydrogen-bond acceptors (Lipinski definition) is 5. The van der Waals surface area contributed by atoms with Gasteiger partial charge in [-0.05, 0) is 58.5 Å². The summed E-state index contributed by atoms with van der Waals surface area (Å²) in [6, 6.07) is 25.8. The Hall–Kier alpha value is -3.61. The van der Waals surface area contributed by atoms with E-state index in [4.69, 9.17) is 0 Å². The highest BCUT2D eigenvalue weighted by atomic mass is 15.6. The summed E-state index contributed by atoms with van der Waals surface area (Å²) in [5.41, 5.74) is 7.23. The lowest BCUT2D eigenvalue weighted by molar-refractivity contribution is 0.113. The van der Waals surface area contributed by atoms with E-state index in [2.05, 4.69) is 131 Å². The minimum absolute atomic E-state index is 0.0121. The average molecular weight is 493 g/mol. The zero-order valence-electron chi connectivity index (χ0n) is 22.1. The number of nitrogens with zero attached hydrogens (tertiary/aromatic N) is 6. The van der Waals surface area contributed by atoms with Crippen molar-refractivity contribution in [3.63, 3.8) is 0 Å². The number of para-hydroxylation sites is 1. The summed E-state index contributed by atoms with van der Waals surface area (Å²) in [5, 5.41) is 13.2. The third-order valence-electron chi connectivity index (χ3n) is 7.34.